The predicted octanol–water partition coefficient (Wildman–Crippen LogP) is 3.29. The van der Waals surface area contributed by atoms with E-state index in [1.165, 1.54) is 0 Å². The zero-order chi connectivity index (χ0) is 20.4. The molecule has 1 N–H and O–H groups in total. The van der Waals surface area contributed by atoms with Gasteiger partial charge in [-0.25, -0.2) is 4.79 Å². The SMILES string of the molecule is Cc1ccc(N2C[C@@H](NC(=O)N3CCN(c4cccc(Cl)c4)CC3)CC2=O)cc1. The molecule has 2 saturated heterocycles. The molecule has 0 radical (unpaired) electrons. The summed E-state index contributed by atoms with van der Waals surface area (Å²) in [4.78, 5) is 30.9. The van der Waals surface area contributed by atoms with Gasteiger partial charge in [-0.1, -0.05) is 35.4 Å². The minimum absolute atomic E-state index is 0.0462. The molecule has 0 saturated carbocycles. The van der Waals surface area contributed by atoms with Gasteiger partial charge in [0.2, 0.25) is 5.91 Å². The Hall–Kier alpha value is -2.73. The highest BCUT2D eigenvalue weighted by molar-refractivity contribution is 6.30. The summed E-state index contributed by atoms with van der Waals surface area (Å²) in [6.07, 6.45) is 0.335. The van der Waals surface area contributed by atoms with Gasteiger partial charge in [0, 0.05) is 55.5 Å². The molecule has 2 aromatic carbocycles. The molecule has 2 heterocycles. The molecule has 0 aliphatic carbocycles. The maximum Gasteiger partial charge on any atom is 0.317 e. The average molecular weight is 413 g/mol. The first kappa shape index (κ1) is 19.6. The van der Waals surface area contributed by atoms with Crippen LogP contribution in [-0.4, -0.2) is 55.6 Å². The third-order valence-corrected chi connectivity index (χ3v) is 5.77. The summed E-state index contributed by atoms with van der Waals surface area (Å²) in [6, 6.07) is 15.4. The van der Waals surface area contributed by atoms with Crippen molar-refractivity contribution in [3.8, 4) is 0 Å². The summed E-state index contributed by atoms with van der Waals surface area (Å²) in [5.74, 6) is 0.0462. The Morgan fingerprint density at radius 2 is 1.76 bits per heavy atom. The highest BCUT2D eigenvalue weighted by atomic mass is 35.5. The van der Waals surface area contributed by atoms with Gasteiger partial charge in [-0.05, 0) is 37.3 Å². The van der Waals surface area contributed by atoms with Crippen LogP contribution in [0.25, 0.3) is 0 Å². The molecule has 0 aromatic heterocycles. The highest BCUT2D eigenvalue weighted by Gasteiger charge is 2.33. The van der Waals surface area contributed by atoms with Crippen LogP contribution in [0.3, 0.4) is 0 Å². The number of nitrogens with zero attached hydrogens (tertiary/aromatic N) is 3. The second-order valence-corrected chi connectivity index (χ2v) is 8.08. The average Bonchev–Trinajstić information content (AvgIpc) is 3.08. The van der Waals surface area contributed by atoms with Crippen LogP contribution in [0.15, 0.2) is 48.5 Å². The number of halogens is 1. The summed E-state index contributed by atoms with van der Waals surface area (Å²) in [6.45, 7) is 5.32. The van der Waals surface area contributed by atoms with E-state index in [1.54, 1.807) is 4.90 Å². The Bertz CT molecular complexity index is 894. The number of piperazine rings is 1. The van der Waals surface area contributed by atoms with Crippen LogP contribution >= 0.6 is 11.6 Å². The fourth-order valence-electron chi connectivity index (χ4n) is 3.88. The first-order valence-corrected chi connectivity index (χ1v) is 10.3. The van der Waals surface area contributed by atoms with Gasteiger partial charge in [0.05, 0.1) is 6.04 Å². The van der Waals surface area contributed by atoms with Crippen molar-refractivity contribution >= 4 is 34.9 Å². The van der Waals surface area contributed by atoms with E-state index in [0.717, 1.165) is 30.0 Å². The predicted molar refractivity (Wildman–Crippen MR) is 116 cm³/mol. The van der Waals surface area contributed by atoms with E-state index in [4.69, 9.17) is 11.6 Å². The zero-order valence-electron chi connectivity index (χ0n) is 16.5. The molecule has 1 atom stereocenters. The van der Waals surface area contributed by atoms with Crippen molar-refractivity contribution in [2.45, 2.75) is 19.4 Å². The number of carbonyl (C=O) groups is 2. The van der Waals surface area contributed by atoms with Crippen molar-refractivity contribution < 1.29 is 9.59 Å². The van der Waals surface area contributed by atoms with Crippen molar-refractivity contribution in [2.75, 3.05) is 42.5 Å². The largest absolute Gasteiger partial charge is 0.368 e. The van der Waals surface area contributed by atoms with Crippen LogP contribution in [0.4, 0.5) is 16.2 Å². The molecule has 2 fully saturated rings. The molecular weight excluding hydrogens is 388 g/mol. The molecule has 0 spiro atoms. The van der Waals surface area contributed by atoms with Gasteiger partial charge in [-0.3, -0.25) is 4.79 Å². The van der Waals surface area contributed by atoms with E-state index in [9.17, 15) is 9.59 Å². The maximum absolute atomic E-state index is 12.7. The Morgan fingerprint density at radius 3 is 2.45 bits per heavy atom. The summed E-state index contributed by atoms with van der Waals surface area (Å²) >= 11 is 6.08. The number of amides is 3. The van der Waals surface area contributed by atoms with Crippen LogP contribution in [0, 0.1) is 6.92 Å². The van der Waals surface area contributed by atoms with Gasteiger partial charge in [-0.2, -0.15) is 0 Å². The minimum Gasteiger partial charge on any atom is -0.368 e. The third kappa shape index (κ3) is 4.48. The number of rotatable bonds is 3. The van der Waals surface area contributed by atoms with Crippen LogP contribution < -0.4 is 15.1 Å². The van der Waals surface area contributed by atoms with Gasteiger partial charge in [-0.15, -0.1) is 0 Å². The molecule has 152 valence electrons. The number of carbonyl (C=O) groups excluding carboxylic acids is 2. The quantitative estimate of drug-likeness (QED) is 0.841. The topological polar surface area (TPSA) is 55.9 Å². The number of benzene rings is 2. The van der Waals surface area contributed by atoms with Crippen molar-refractivity contribution in [1.29, 1.82) is 0 Å². The van der Waals surface area contributed by atoms with Gasteiger partial charge in [0.1, 0.15) is 0 Å². The van der Waals surface area contributed by atoms with Gasteiger partial charge < -0.3 is 20.0 Å². The standard InChI is InChI=1S/C22H25ClN4O2/c1-16-5-7-19(8-6-16)27-15-18(14-21(27)28)24-22(29)26-11-9-25(10-12-26)20-4-2-3-17(23)13-20/h2-8,13,18H,9-12,14-15H2,1H3,(H,24,29)/t18-/m0/s1. The molecular formula is C22H25ClN4O2. The molecule has 6 nitrogen and oxygen atoms in total. The monoisotopic (exact) mass is 412 g/mol. The van der Waals surface area contributed by atoms with Gasteiger partial charge >= 0.3 is 6.03 Å². The van der Waals surface area contributed by atoms with Crippen molar-refractivity contribution in [1.82, 2.24) is 10.2 Å². The molecule has 2 aliphatic heterocycles. The molecule has 2 aliphatic rings. The van der Waals surface area contributed by atoms with E-state index in [-0.39, 0.29) is 18.0 Å². The Balaban J connectivity index is 1.30. The van der Waals surface area contributed by atoms with Crippen molar-refractivity contribution in [3.63, 3.8) is 0 Å². The lowest BCUT2D eigenvalue weighted by atomic mass is 10.2. The van der Waals surface area contributed by atoms with Gasteiger partial charge in [0.25, 0.3) is 0 Å². The van der Waals surface area contributed by atoms with Crippen molar-refractivity contribution in [3.05, 3.63) is 59.1 Å². The molecule has 2 aromatic rings. The molecule has 3 amide bonds. The summed E-state index contributed by atoms with van der Waals surface area (Å²) in [7, 11) is 0. The summed E-state index contributed by atoms with van der Waals surface area (Å²) in [5, 5.41) is 3.75. The minimum atomic E-state index is -0.165. The van der Waals surface area contributed by atoms with Crippen LogP contribution in [-0.2, 0) is 4.79 Å². The molecule has 7 heteroatoms. The van der Waals surface area contributed by atoms with E-state index >= 15 is 0 Å². The van der Waals surface area contributed by atoms with Crippen LogP contribution in [0.5, 0.6) is 0 Å². The lowest BCUT2D eigenvalue weighted by Gasteiger charge is -2.36. The maximum atomic E-state index is 12.7. The fraction of sp³-hybridized carbons (Fsp3) is 0.364. The number of anilines is 2. The van der Waals surface area contributed by atoms with E-state index in [1.807, 2.05) is 60.4 Å². The van der Waals surface area contributed by atoms with E-state index < -0.39 is 0 Å². The normalized spacial score (nSPS) is 19.6. The number of urea groups is 1. The molecule has 29 heavy (non-hydrogen) atoms. The van der Waals surface area contributed by atoms with Crippen LogP contribution in [0.2, 0.25) is 5.02 Å². The number of hydrogen-bond acceptors (Lipinski definition) is 3. The van der Waals surface area contributed by atoms with E-state index in [0.29, 0.717) is 31.1 Å². The third-order valence-electron chi connectivity index (χ3n) is 5.54. The Morgan fingerprint density at radius 1 is 1.03 bits per heavy atom. The lowest BCUT2D eigenvalue weighted by molar-refractivity contribution is -0.117. The summed E-state index contributed by atoms with van der Waals surface area (Å²) < 4.78 is 0. The first-order chi connectivity index (χ1) is 14.0. The lowest BCUT2D eigenvalue weighted by Crippen LogP contribution is -2.53. The van der Waals surface area contributed by atoms with Crippen molar-refractivity contribution in [2.24, 2.45) is 0 Å². The van der Waals surface area contributed by atoms with Gasteiger partial charge in [0.15, 0.2) is 0 Å². The number of aryl methyl sites for hydroxylation is 1. The highest BCUT2D eigenvalue weighted by Crippen LogP contribution is 2.23. The number of nitrogens with one attached hydrogen (secondary N) is 1. The number of hydrogen-bond donors (Lipinski definition) is 1. The first-order valence-electron chi connectivity index (χ1n) is 9.92. The van der Waals surface area contributed by atoms with E-state index in [2.05, 4.69) is 10.2 Å². The van der Waals surface area contributed by atoms with Crippen LogP contribution in [0.1, 0.15) is 12.0 Å². The Kier molecular flexibility index (Phi) is 5.62. The molecule has 0 unspecified atom stereocenters. The fourth-order valence-corrected chi connectivity index (χ4v) is 4.07. The second-order valence-electron chi connectivity index (χ2n) is 7.64. The summed E-state index contributed by atoms with van der Waals surface area (Å²) in [5.41, 5.74) is 3.11. The second kappa shape index (κ2) is 8.33. The smallest absolute Gasteiger partial charge is 0.317 e. The Labute approximate surface area is 176 Å². The zero-order valence-corrected chi connectivity index (χ0v) is 17.2. The molecule has 0 bridgehead atoms. The molecule has 4 rings (SSSR count).